The van der Waals surface area contributed by atoms with Crippen molar-refractivity contribution < 1.29 is 9.47 Å². The Morgan fingerprint density at radius 2 is 1.85 bits per heavy atom. The first kappa shape index (κ1) is 17.6. The van der Waals surface area contributed by atoms with E-state index in [1.807, 2.05) is 0 Å². The summed E-state index contributed by atoms with van der Waals surface area (Å²) in [5.41, 5.74) is 1.35. The minimum Gasteiger partial charge on any atom is -0.383 e. The van der Waals surface area contributed by atoms with Crippen molar-refractivity contribution in [2.24, 2.45) is 0 Å². The zero-order valence-corrected chi connectivity index (χ0v) is 14.3. The lowest BCUT2D eigenvalue weighted by atomic mass is 9.96. The maximum Gasteiger partial charge on any atom is 0.0587 e. The van der Waals surface area contributed by atoms with Crippen molar-refractivity contribution >= 4 is 15.9 Å². The van der Waals surface area contributed by atoms with Crippen molar-refractivity contribution in [3.8, 4) is 0 Å². The normalized spacial score (nSPS) is 12.8. The lowest BCUT2D eigenvalue weighted by molar-refractivity contribution is 0.0731. The average molecular weight is 344 g/mol. The van der Waals surface area contributed by atoms with Gasteiger partial charge in [-0.1, -0.05) is 28.1 Å². The molecule has 0 fully saturated rings. The van der Waals surface area contributed by atoms with Gasteiger partial charge in [-0.15, -0.1) is 0 Å². The molecule has 1 N–H and O–H groups in total. The first-order valence-electron chi connectivity index (χ1n) is 7.20. The Labute approximate surface area is 131 Å². The molecule has 1 atom stereocenters. The Bertz CT molecular complexity index is 354. The molecule has 0 spiro atoms. The Kier molecular flexibility index (Phi) is 9.10. The van der Waals surface area contributed by atoms with Crippen LogP contribution in [-0.4, -0.2) is 39.5 Å². The summed E-state index contributed by atoms with van der Waals surface area (Å²) in [4.78, 5) is 0. The number of halogens is 1. The van der Waals surface area contributed by atoms with Crippen molar-refractivity contribution in [3.05, 3.63) is 34.3 Å². The molecule has 0 saturated carbocycles. The van der Waals surface area contributed by atoms with Gasteiger partial charge in [0.1, 0.15) is 0 Å². The number of benzene rings is 1. The maximum atomic E-state index is 5.68. The molecular formula is C16H26BrNO2. The van der Waals surface area contributed by atoms with Gasteiger partial charge in [0.15, 0.2) is 0 Å². The van der Waals surface area contributed by atoms with Crippen LogP contribution in [0.5, 0.6) is 0 Å². The summed E-state index contributed by atoms with van der Waals surface area (Å²) in [5.74, 6) is 0.471. The van der Waals surface area contributed by atoms with Gasteiger partial charge in [-0.05, 0) is 43.9 Å². The van der Waals surface area contributed by atoms with Crippen LogP contribution >= 0.6 is 15.9 Å². The van der Waals surface area contributed by atoms with Crippen molar-refractivity contribution in [1.82, 2.24) is 5.32 Å². The van der Waals surface area contributed by atoms with Gasteiger partial charge in [-0.3, -0.25) is 0 Å². The second-order valence-corrected chi connectivity index (χ2v) is 6.07. The molecule has 0 aliphatic heterocycles. The zero-order valence-electron chi connectivity index (χ0n) is 12.7. The lowest BCUT2D eigenvalue weighted by Crippen LogP contribution is -2.26. The fraction of sp³-hybridized carbons (Fsp3) is 0.625. The predicted molar refractivity (Wildman–Crippen MR) is 87.3 cm³/mol. The third-order valence-electron chi connectivity index (χ3n) is 3.13. The topological polar surface area (TPSA) is 30.5 Å². The summed E-state index contributed by atoms with van der Waals surface area (Å²) < 4.78 is 11.9. The van der Waals surface area contributed by atoms with E-state index in [0.29, 0.717) is 12.0 Å². The Hall–Kier alpha value is -0.420. The highest BCUT2D eigenvalue weighted by atomic mass is 79.9. The number of ether oxygens (including phenoxy) is 2. The molecule has 0 aliphatic rings. The van der Waals surface area contributed by atoms with E-state index in [2.05, 4.69) is 59.4 Å². The summed E-state index contributed by atoms with van der Waals surface area (Å²) in [5, 5.41) is 3.45. The second kappa shape index (κ2) is 10.3. The molecule has 0 aliphatic carbocycles. The van der Waals surface area contributed by atoms with Gasteiger partial charge in [0.25, 0.3) is 0 Å². The predicted octanol–water partition coefficient (Wildman–Crippen LogP) is 3.58. The Morgan fingerprint density at radius 3 is 2.45 bits per heavy atom. The molecule has 1 unspecified atom stereocenters. The van der Waals surface area contributed by atoms with E-state index in [1.165, 1.54) is 5.56 Å². The fourth-order valence-electron chi connectivity index (χ4n) is 2.02. The monoisotopic (exact) mass is 343 g/mol. The third-order valence-corrected chi connectivity index (χ3v) is 3.66. The zero-order chi connectivity index (χ0) is 14.8. The first-order valence-corrected chi connectivity index (χ1v) is 7.99. The molecule has 1 rings (SSSR count). The third kappa shape index (κ3) is 7.39. The molecule has 114 valence electrons. The van der Waals surface area contributed by atoms with Gasteiger partial charge in [0.05, 0.1) is 12.7 Å². The van der Waals surface area contributed by atoms with E-state index in [9.17, 15) is 0 Å². The first-order chi connectivity index (χ1) is 9.63. The van der Waals surface area contributed by atoms with Crippen molar-refractivity contribution in [1.29, 1.82) is 0 Å². The SMILES string of the molecule is COCCNCC(CCOC(C)C)c1ccc(Br)cc1. The number of hydrogen-bond acceptors (Lipinski definition) is 3. The summed E-state index contributed by atoms with van der Waals surface area (Å²) >= 11 is 3.48. The minimum absolute atomic E-state index is 0.294. The highest BCUT2D eigenvalue weighted by molar-refractivity contribution is 9.10. The van der Waals surface area contributed by atoms with Crippen LogP contribution in [0.1, 0.15) is 31.7 Å². The highest BCUT2D eigenvalue weighted by Crippen LogP contribution is 2.21. The molecule has 0 radical (unpaired) electrons. The van der Waals surface area contributed by atoms with Crippen LogP contribution in [0.15, 0.2) is 28.7 Å². The number of nitrogens with one attached hydrogen (secondary N) is 1. The van der Waals surface area contributed by atoms with Gasteiger partial charge in [0, 0.05) is 31.3 Å². The van der Waals surface area contributed by atoms with E-state index in [-0.39, 0.29) is 0 Å². The van der Waals surface area contributed by atoms with Crippen LogP contribution in [0.2, 0.25) is 0 Å². The number of methoxy groups -OCH3 is 1. The molecule has 3 nitrogen and oxygen atoms in total. The molecule has 0 amide bonds. The van der Waals surface area contributed by atoms with Crippen molar-refractivity contribution in [2.45, 2.75) is 32.3 Å². The number of rotatable bonds is 10. The molecule has 4 heteroatoms. The van der Waals surface area contributed by atoms with E-state index >= 15 is 0 Å². The molecule has 0 heterocycles. The second-order valence-electron chi connectivity index (χ2n) is 5.15. The summed E-state index contributed by atoms with van der Waals surface area (Å²) in [7, 11) is 1.73. The van der Waals surface area contributed by atoms with E-state index < -0.39 is 0 Å². The van der Waals surface area contributed by atoms with Crippen LogP contribution in [-0.2, 0) is 9.47 Å². The van der Waals surface area contributed by atoms with Crippen LogP contribution in [0.4, 0.5) is 0 Å². The maximum absolute atomic E-state index is 5.68. The molecule has 0 bridgehead atoms. The van der Waals surface area contributed by atoms with Crippen LogP contribution in [0.25, 0.3) is 0 Å². The van der Waals surface area contributed by atoms with Gasteiger partial charge in [-0.2, -0.15) is 0 Å². The van der Waals surface area contributed by atoms with Crippen LogP contribution < -0.4 is 5.32 Å². The van der Waals surface area contributed by atoms with E-state index in [0.717, 1.165) is 37.2 Å². The molecule has 0 aromatic heterocycles. The van der Waals surface area contributed by atoms with Crippen molar-refractivity contribution in [2.75, 3.05) is 33.4 Å². The van der Waals surface area contributed by atoms with E-state index in [1.54, 1.807) is 7.11 Å². The van der Waals surface area contributed by atoms with Crippen molar-refractivity contribution in [3.63, 3.8) is 0 Å². The van der Waals surface area contributed by atoms with Gasteiger partial charge < -0.3 is 14.8 Å². The van der Waals surface area contributed by atoms with Gasteiger partial charge in [-0.25, -0.2) is 0 Å². The molecule has 20 heavy (non-hydrogen) atoms. The van der Waals surface area contributed by atoms with Crippen LogP contribution in [0, 0.1) is 0 Å². The van der Waals surface area contributed by atoms with Gasteiger partial charge in [0.2, 0.25) is 0 Å². The molecular weight excluding hydrogens is 318 g/mol. The summed E-state index contributed by atoms with van der Waals surface area (Å²) in [6.45, 7) is 7.53. The molecule has 1 aromatic carbocycles. The quantitative estimate of drug-likeness (QED) is 0.658. The van der Waals surface area contributed by atoms with Gasteiger partial charge >= 0.3 is 0 Å². The summed E-state index contributed by atoms with van der Waals surface area (Å²) in [6, 6.07) is 8.56. The Balaban J connectivity index is 2.51. The van der Waals surface area contributed by atoms with Crippen LogP contribution in [0.3, 0.4) is 0 Å². The minimum atomic E-state index is 0.294. The fourth-order valence-corrected chi connectivity index (χ4v) is 2.28. The molecule has 1 aromatic rings. The van der Waals surface area contributed by atoms with E-state index in [4.69, 9.17) is 9.47 Å². The summed E-state index contributed by atoms with van der Waals surface area (Å²) in [6.07, 6.45) is 1.32. The smallest absolute Gasteiger partial charge is 0.0587 e. The molecule has 0 saturated heterocycles. The lowest BCUT2D eigenvalue weighted by Gasteiger charge is -2.19. The largest absolute Gasteiger partial charge is 0.383 e. The Morgan fingerprint density at radius 1 is 1.15 bits per heavy atom. The average Bonchev–Trinajstić information content (AvgIpc) is 2.42. The number of hydrogen-bond donors (Lipinski definition) is 1. The standard InChI is InChI=1S/C16H26BrNO2/c1-13(2)20-10-8-15(12-18-9-11-19-3)14-4-6-16(17)7-5-14/h4-7,13,15,18H,8-12H2,1-3H3. The highest BCUT2D eigenvalue weighted by Gasteiger charge is 2.11.